The van der Waals surface area contributed by atoms with Gasteiger partial charge in [-0.25, -0.2) is 0 Å². The van der Waals surface area contributed by atoms with Crippen LogP contribution in [0.5, 0.6) is 0 Å². The number of aryl methyl sites for hydroxylation is 2. The van der Waals surface area contributed by atoms with Crippen molar-refractivity contribution in [3.8, 4) is 11.3 Å². The van der Waals surface area contributed by atoms with Crippen molar-refractivity contribution >= 4 is 28.4 Å². The van der Waals surface area contributed by atoms with E-state index in [9.17, 15) is 9.59 Å². The predicted octanol–water partition coefficient (Wildman–Crippen LogP) is 8.05. The van der Waals surface area contributed by atoms with Crippen LogP contribution >= 0.6 is 0 Å². The number of aromatic amines is 1. The van der Waals surface area contributed by atoms with Crippen LogP contribution in [0.1, 0.15) is 58.9 Å². The van der Waals surface area contributed by atoms with E-state index < -0.39 is 12.1 Å². The van der Waals surface area contributed by atoms with Crippen LogP contribution in [0.15, 0.2) is 97.1 Å². The molecule has 5 aromatic rings. The summed E-state index contributed by atoms with van der Waals surface area (Å²) in [6.45, 7) is 8.29. The summed E-state index contributed by atoms with van der Waals surface area (Å²) < 4.78 is 0. The fourth-order valence-corrected chi connectivity index (χ4v) is 6.00. The Morgan fingerprint density at radius 1 is 0.854 bits per heavy atom. The Hall–Kier alpha value is -4.64. The molecule has 0 saturated carbocycles. The lowest BCUT2D eigenvalue weighted by Crippen LogP contribution is -2.47. The second-order valence-corrected chi connectivity index (χ2v) is 11.5. The van der Waals surface area contributed by atoms with E-state index in [2.05, 4.69) is 67.5 Å². The maximum atomic E-state index is 14.3. The molecule has 1 aliphatic rings. The van der Waals surface area contributed by atoms with Crippen molar-refractivity contribution in [1.82, 2.24) is 9.88 Å². The van der Waals surface area contributed by atoms with Gasteiger partial charge < -0.3 is 15.2 Å². The Balaban J connectivity index is 1.54. The molecule has 206 valence electrons. The molecule has 4 aromatic carbocycles. The minimum atomic E-state index is -0.666. The van der Waals surface area contributed by atoms with Gasteiger partial charge in [-0.2, -0.15) is 0 Å². The molecule has 0 radical (unpaired) electrons. The topological polar surface area (TPSA) is 65.2 Å². The molecule has 2 unspecified atom stereocenters. The number of rotatable bonds is 7. The van der Waals surface area contributed by atoms with Crippen LogP contribution in [0, 0.1) is 19.8 Å². The van der Waals surface area contributed by atoms with Crippen LogP contribution in [-0.4, -0.2) is 27.7 Å². The maximum absolute atomic E-state index is 14.3. The quantitative estimate of drug-likeness (QED) is 0.219. The minimum Gasteiger partial charge on any atom is -0.354 e. The third-order valence-corrected chi connectivity index (χ3v) is 8.01. The first-order valence-corrected chi connectivity index (χ1v) is 14.3. The Bertz CT molecular complexity index is 1730. The molecule has 0 spiro atoms. The van der Waals surface area contributed by atoms with Crippen molar-refractivity contribution in [1.29, 1.82) is 0 Å². The number of aromatic nitrogens is 1. The first-order valence-electron chi connectivity index (χ1n) is 14.3. The standard InChI is InChI=1S/C36H35N3O2/c1-22(2)21-31(35(40)37-26-19-15-24(4)16-20-26)39-34(27-9-5-6-10-28(27)36(39)41)32-29-11-7-8-12-30(29)38-33(32)25-17-13-23(3)14-18-25/h5-20,22,31,34,38H,21H2,1-4H3,(H,37,40). The van der Waals surface area contributed by atoms with Gasteiger partial charge in [0.2, 0.25) is 5.91 Å². The van der Waals surface area contributed by atoms with Crippen LogP contribution in [0.25, 0.3) is 22.2 Å². The normalized spacial score (nSPS) is 15.4. The highest BCUT2D eigenvalue weighted by molar-refractivity contribution is 6.06. The van der Waals surface area contributed by atoms with Gasteiger partial charge in [-0.1, -0.05) is 97.8 Å². The first-order chi connectivity index (χ1) is 19.8. The van der Waals surface area contributed by atoms with Crippen molar-refractivity contribution in [3.63, 3.8) is 0 Å². The summed E-state index contributed by atoms with van der Waals surface area (Å²) in [5.74, 6) is -0.0960. The van der Waals surface area contributed by atoms with Crippen molar-refractivity contribution in [2.24, 2.45) is 5.92 Å². The van der Waals surface area contributed by atoms with Crippen molar-refractivity contribution in [3.05, 3.63) is 125 Å². The summed E-state index contributed by atoms with van der Waals surface area (Å²) in [5.41, 5.74) is 8.62. The van der Waals surface area contributed by atoms with Crippen LogP contribution in [0.3, 0.4) is 0 Å². The third kappa shape index (κ3) is 4.93. The summed E-state index contributed by atoms with van der Waals surface area (Å²) in [6, 6.07) is 31.1. The number of anilines is 1. The van der Waals surface area contributed by atoms with Crippen molar-refractivity contribution in [2.75, 3.05) is 5.32 Å². The van der Waals surface area contributed by atoms with Crippen LogP contribution in [-0.2, 0) is 4.79 Å². The number of nitrogens with zero attached hydrogens (tertiary/aromatic N) is 1. The number of benzene rings is 4. The molecule has 6 rings (SSSR count). The molecule has 0 aliphatic carbocycles. The molecule has 0 bridgehead atoms. The van der Waals surface area contributed by atoms with Gasteiger partial charge in [0.05, 0.1) is 11.7 Å². The number of fused-ring (bicyclic) bond motifs is 2. The average molecular weight is 542 g/mol. The molecule has 2 amide bonds. The number of carbonyl (C=O) groups is 2. The van der Waals surface area contributed by atoms with E-state index in [1.54, 1.807) is 0 Å². The zero-order valence-electron chi connectivity index (χ0n) is 23.9. The highest BCUT2D eigenvalue weighted by Crippen LogP contribution is 2.47. The summed E-state index contributed by atoms with van der Waals surface area (Å²) in [6.07, 6.45) is 0.538. The number of amides is 2. The molecule has 5 nitrogen and oxygen atoms in total. The molecule has 41 heavy (non-hydrogen) atoms. The van der Waals surface area contributed by atoms with Gasteiger partial charge in [0.25, 0.3) is 5.91 Å². The highest BCUT2D eigenvalue weighted by atomic mass is 16.2. The monoisotopic (exact) mass is 541 g/mol. The second kappa shape index (κ2) is 10.7. The number of hydrogen-bond donors (Lipinski definition) is 2. The van der Waals surface area contributed by atoms with Crippen LogP contribution in [0.4, 0.5) is 5.69 Å². The second-order valence-electron chi connectivity index (χ2n) is 11.5. The van der Waals surface area contributed by atoms with E-state index in [0.717, 1.165) is 44.5 Å². The van der Waals surface area contributed by atoms with Gasteiger partial charge in [-0.05, 0) is 61.6 Å². The summed E-state index contributed by atoms with van der Waals surface area (Å²) in [4.78, 5) is 33.9. The first kappa shape index (κ1) is 26.6. The number of nitrogens with one attached hydrogen (secondary N) is 2. The van der Waals surface area contributed by atoms with E-state index in [4.69, 9.17) is 0 Å². The fourth-order valence-electron chi connectivity index (χ4n) is 6.00. The number of H-pyrrole nitrogens is 1. The fraction of sp³-hybridized carbons (Fsp3) is 0.222. The zero-order valence-corrected chi connectivity index (χ0v) is 23.9. The average Bonchev–Trinajstić information content (AvgIpc) is 3.48. The highest BCUT2D eigenvalue weighted by Gasteiger charge is 2.45. The summed E-state index contributed by atoms with van der Waals surface area (Å²) >= 11 is 0. The Labute approximate surface area is 241 Å². The van der Waals surface area contributed by atoms with Gasteiger partial charge in [-0.15, -0.1) is 0 Å². The largest absolute Gasteiger partial charge is 0.354 e. The number of carbonyl (C=O) groups excluding carboxylic acids is 2. The van der Waals surface area contributed by atoms with Crippen molar-refractivity contribution in [2.45, 2.75) is 46.2 Å². The van der Waals surface area contributed by atoms with Crippen LogP contribution < -0.4 is 5.32 Å². The Morgan fingerprint density at radius 2 is 1.49 bits per heavy atom. The predicted molar refractivity (Wildman–Crippen MR) is 166 cm³/mol. The molecule has 2 heterocycles. The van der Waals surface area contributed by atoms with Gasteiger partial charge >= 0.3 is 0 Å². The summed E-state index contributed by atoms with van der Waals surface area (Å²) in [7, 11) is 0. The molecule has 2 atom stereocenters. The lowest BCUT2D eigenvalue weighted by Gasteiger charge is -2.34. The SMILES string of the molecule is Cc1ccc(NC(=O)C(CC(C)C)N2C(=O)c3ccccc3C2c2c(-c3ccc(C)cc3)[nH]c3ccccc23)cc1. The van der Waals surface area contributed by atoms with Gasteiger partial charge in [0.15, 0.2) is 0 Å². The number of para-hydroxylation sites is 1. The number of hydrogen-bond acceptors (Lipinski definition) is 2. The van der Waals surface area contributed by atoms with E-state index in [1.807, 2.05) is 72.5 Å². The maximum Gasteiger partial charge on any atom is 0.255 e. The molecular formula is C36H35N3O2. The zero-order chi connectivity index (χ0) is 28.7. The lowest BCUT2D eigenvalue weighted by molar-refractivity contribution is -0.121. The Kier molecular flexibility index (Phi) is 6.96. The van der Waals surface area contributed by atoms with E-state index in [1.165, 1.54) is 5.56 Å². The van der Waals surface area contributed by atoms with E-state index >= 15 is 0 Å². The molecule has 0 fully saturated rings. The van der Waals surface area contributed by atoms with E-state index in [0.29, 0.717) is 12.0 Å². The van der Waals surface area contributed by atoms with Gasteiger partial charge in [0, 0.05) is 27.7 Å². The lowest BCUT2D eigenvalue weighted by atomic mass is 9.91. The molecule has 5 heteroatoms. The Morgan fingerprint density at radius 3 is 2.20 bits per heavy atom. The molecular weight excluding hydrogens is 506 g/mol. The molecule has 2 N–H and O–H groups in total. The molecule has 0 saturated heterocycles. The third-order valence-electron chi connectivity index (χ3n) is 8.01. The minimum absolute atomic E-state index is 0.115. The molecule has 1 aliphatic heterocycles. The van der Waals surface area contributed by atoms with E-state index in [-0.39, 0.29) is 17.7 Å². The van der Waals surface area contributed by atoms with Gasteiger partial charge in [-0.3, -0.25) is 9.59 Å². The molecule has 1 aromatic heterocycles. The van der Waals surface area contributed by atoms with Gasteiger partial charge in [0.1, 0.15) is 6.04 Å². The summed E-state index contributed by atoms with van der Waals surface area (Å²) in [5, 5.41) is 4.16. The van der Waals surface area contributed by atoms with Crippen LogP contribution in [0.2, 0.25) is 0 Å². The smallest absolute Gasteiger partial charge is 0.255 e. The van der Waals surface area contributed by atoms with Crippen molar-refractivity contribution < 1.29 is 9.59 Å².